The van der Waals surface area contributed by atoms with Crippen LogP contribution in [0.3, 0.4) is 0 Å². The lowest BCUT2D eigenvalue weighted by Crippen LogP contribution is -2.45. The number of nitrogens with zero attached hydrogens (tertiary/aromatic N) is 2. The summed E-state index contributed by atoms with van der Waals surface area (Å²) >= 11 is 0. The quantitative estimate of drug-likeness (QED) is 0.418. The van der Waals surface area contributed by atoms with E-state index in [4.69, 9.17) is 9.26 Å². The summed E-state index contributed by atoms with van der Waals surface area (Å²) in [4.78, 5) is 15.9. The van der Waals surface area contributed by atoms with E-state index in [1.807, 2.05) is 60.7 Å². The summed E-state index contributed by atoms with van der Waals surface area (Å²) in [5.41, 5.74) is 5.38. The lowest BCUT2D eigenvalue weighted by atomic mass is 9.86. The van der Waals surface area contributed by atoms with E-state index >= 15 is 0 Å². The first-order valence-corrected chi connectivity index (χ1v) is 10.9. The molecule has 6 heteroatoms. The smallest absolute Gasteiger partial charge is 0.196 e. The van der Waals surface area contributed by atoms with Gasteiger partial charge in [0.15, 0.2) is 11.5 Å². The van der Waals surface area contributed by atoms with Crippen LogP contribution in [0.4, 0.5) is 17.1 Å². The van der Waals surface area contributed by atoms with Crippen molar-refractivity contribution < 1.29 is 14.1 Å². The SMILES string of the molecule is C[C@H]1CN(c2cc(Nc3ccccc3)c3c4c(onc24)-c2ccccc2C3=O)C[C@H](C)O1. The van der Waals surface area contributed by atoms with Crippen molar-refractivity contribution in [2.24, 2.45) is 0 Å². The Balaban J connectivity index is 1.61. The highest BCUT2D eigenvalue weighted by molar-refractivity contribution is 6.28. The molecule has 160 valence electrons. The predicted octanol–water partition coefficient (Wildman–Crippen LogP) is 5.40. The van der Waals surface area contributed by atoms with Gasteiger partial charge < -0.3 is 19.5 Å². The highest BCUT2D eigenvalue weighted by Crippen LogP contribution is 2.46. The van der Waals surface area contributed by atoms with Crippen LogP contribution in [0.5, 0.6) is 0 Å². The number of rotatable bonds is 3. The molecule has 6 nitrogen and oxygen atoms in total. The summed E-state index contributed by atoms with van der Waals surface area (Å²) in [6, 6.07) is 19.5. The van der Waals surface area contributed by atoms with Crippen molar-refractivity contribution in [2.75, 3.05) is 23.3 Å². The van der Waals surface area contributed by atoms with Gasteiger partial charge in [-0.3, -0.25) is 4.79 Å². The summed E-state index contributed by atoms with van der Waals surface area (Å²) in [5.74, 6) is 0.632. The minimum absolute atomic E-state index is 0.0185. The van der Waals surface area contributed by atoms with Gasteiger partial charge in [-0.15, -0.1) is 0 Å². The van der Waals surface area contributed by atoms with E-state index in [0.717, 1.165) is 46.6 Å². The molecule has 1 saturated heterocycles. The van der Waals surface area contributed by atoms with Crippen molar-refractivity contribution in [3.05, 3.63) is 71.8 Å². The maximum atomic E-state index is 13.7. The van der Waals surface area contributed by atoms with Gasteiger partial charge >= 0.3 is 0 Å². The van der Waals surface area contributed by atoms with Crippen LogP contribution in [0.2, 0.25) is 0 Å². The molecular weight excluding hydrogens is 402 g/mol. The lowest BCUT2D eigenvalue weighted by molar-refractivity contribution is -0.00515. The third kappa shape index (κ3) is 2.91. The summed E-state index contributed by atoms with van der Waals surface area (Å²) in [6.07, 6.45) is 0.196. The van der Waals surface area contributed by atoms with E-state index < -0.39 is 0 Å². The Kier molecular flexibility index (Phi) is 4.30. The lowest BCUT2D eigenvalue weighted by Gasteiger charge is -2.37. The number of morpholine rings is 1. The van der Waals surface area contributed by atoms with Crippen molar-refractivity contribution in [1.82, 2.24) is 5.16 Å². The molecule has 3 aromatic carbocycles. The highest BCUT2D eigenvalue weighted by atomic mass is 16.5. The minimum Gasteiger partial charge on any atom is -0.372 e. The molecule has 1 aromatic heterocycles. The molecule has 6 rings (SSSR count). The number of anilines is 3. The molecule has 4 aromatic rings. The highest BCUT2D eigenvalue weighted by Gasteiger charge is 2.34. The van der Waals surface area contributed by atoms with Crippen LogP contribution in [0.15, 0.2) is 65.2 Å². The number of hydrogen-bond acceptors (Lipinski definition) is 6. The number of ketones is 1. The number of nitrogens with one attached hydrogen (secondary N) is 1. The number of fused-ring (bicyclic) bond motifs is 2. The fourth-order valence-corrected chi connectivity index (χ4v) is 4.93. The van der Waals surface area contributed by atoms with Gasteiger partial charge in [0.25, 0.3) is 0 Å². The first kappa shape index (κ1) is 19.1. The van der Waals surface area contributed by atoms with E-state index in [2.05, 4.69) is 29.2 Å². The Morgan fingerprint density at radius 1 is 0.969 bits per heavy atom. The number of aromatic nitrogens is 1. The Hall–Kier alpha value is -3.64. The maximum Gasteiger partial charge on any atom is 0.196 e. The number of para-hydroxylation sites is 1. The van der Waals surface area contributed by atoms with E-state index in [0.29, 0.717) is 16.9 Å². The van der Waals surface area contributed by atoms with Crippen molar-refractivity contribution in [1.29, 1.82) is 0 Å². The molecule has 1 aliphatic carbocycles. The van der Waals surface area contributed by atoms with Gasteiger partial charge in [-0.05, 0) is 32.0 Å². The first-order chi connectivity index (χ1) is 15.6. The van der Waals surface area contributed by atoms with Gasteiger partial charge in [-0.25, -0.2) is 0 Å². The zero-order valence-electron chi connectivity index (χ0n) is 18.0. The molecule has 2 atom stereocenters. The average molecular weight is 425 g/mol. The van der Waals surface area contributed by atoms with Gasteiger partial charge in [0.05, 0.1) is 34.5 Å². The van der Waals surface area contributed by atoms with Crippen LogP contribution in [0.1, 0.15) is 29.8 Å². The third-order valence-electron chi connectivity index (χ3n) is 6.19. The van der Waals surface area contributed by atoms with Crippen LogP contribution >= 0.6 is 0 Å². The van der Waals surface area contributed by atoms with Crippen LogP contribution in [-0.4, -0.2) is 36.2 Å². The molecule has 0 saturated carbocycles. The molecule has 1 fully saturated rings. The Morgan fingerprint density at radius 2 is 1.66 bits per heavy atom. The molecular formula is C26H23N3O3. The maximum absolute atomic E-state index is 13.7. The van der Waals surface area contributed by atoms with Gasteiger partial charge in [0, 0.05) is 29.9 Å². The van der Waals surface area contributed by atoms with Crippen molar-refractivity contribution in [3.63, 3.8) is 0 Å². The van der Waals surface area contributed by atoms with E-state index in [1.54, 1.807) is 0 Å². The van der Waals surface area contributed by atoms with Crippen molar-refractivity contribution in [3.8, 4) is 11.3 Å². The molecule has 1 N–H and O–H groups in total. The standard InChI is InChI=1S/C26H23N3O3/c1-15-13-29(14-16(2)31-15)21-12-20(27-17-8-4-3-5-9-17)22-23-24(21)28-32-26(23)19-11-7-6-10-18(19)25(22)30/h3-12,15-16,27H,13-14H2,1-2H3/t15-,16-/m0/s1. The summed E-state index contributed by atoms with van der Waals surface area (Å²) in [5, 5.41) is 8.72. The molecule has 32 heavy (non-hydrogen) atoms. The van der Waals surface area contributed by atoms with E-state index in [-0.39, 0.29) is 18.0 Å². The topological polar surface area (TPSA) is 67.6 Å². The Labute approximate surface area is 185 Å². The third-order valence-corrected chi connectivity index (χ3v) is 6.19. The fourth-order valence-electron chi connectivity index (χ4n) is 4.93. The normalized spacial score (nSPS) is 19.8. The first-order valence-electron chi connectivity index (χ1n) is 10.9. The van der Waals surface area contributed by atoms with E-state index in [1.165, 1.54) is 0 Å². The second-order valence-electron chi connectivity index (χ2n) is 8.58. The monoisotopic (exact) mass is 425 g/mol. The summed E-state index contributed by atoms with van der Waals surface area (Å²) < 4.78 is 11.8. The number of hydrogen-bond donors (Lipinski definition) is 1. The van der Waals surface area contributed by atoms with E-state index in [9.17, 15) is 4.79 Å². The molecule has 0 radical (unpaired) electrons. The number of carbonyl (C=O) groups excluding carboxylic acids is 1. The van der Waals surface area contributed by atoms with Crippen LogP contribution < -0.4 is 10.2 Å². The molecule has 2 aliphatic rings. The number of ether oxygens (including phenoxy) is 1. The van der Waals surface area contributed by atoms with Crippen LogP contribution in [0, 0.1) is 0 Å². The van der Waals surface area contributed by atoms with Crippen molar-refractivity contribution >= 4 is 33.7 Å². The van der Waals surface area contributed by atoms with Crippen LogP contribution in [0.25, 0.3) is 22.2 Å². The minimum atomic E-state index is -0.0185. The van der Waals surface area contributed by atoms with Gasteiger partial charge in [0.1, 0.15) is 5.52 Å². The van der Waals surface area contributed by atoms with Crippen LogP contribution in [-0.2, 0) is 4.74 Å². The predicted molar refractivity (Wildman–Crippen MR) is 125 cm³/mol. The fraction of sp³-hybridized carbons (Fsp3) is 0.231. The molecule has 0 bridgehead atoms. The Bertz CT molecular complexity index is 1340. The van der Waals surface area contributed by atoms with Gasteiger partial charge in [-0.1, -0.05) is 47.6 Å². The second kappa shape index (κ2) is 7.21. The summed E-state index contributed by atoms with van der Waals surface area (Å²) in [6.45, 7) is 5.65. The Morgan fingerprint density at radius 3 is 2.41 bits per heavy atom. The molecule has 0 spiro atoms. The molecule has 1 aliphatic heterocycles. The zero-order chi connectivity index (χ0) is 21.8. The van der Waals surface area contributed by atoms with Crippen molar-refractivity contribution in [2.45, 2.75) is 26.1 Å². The second-order valence-corrected chi connectivity index (χ2v) is 8.58. The van der Waals surface area contributed by atoms with Gasteiger partial charge in [-0.2, -0.15) is 0 Å². The van der Waals surface area contributed by atoms with Gasteiger partial charge in [0.2, 0.25) is 0 Å². The number of benzene rings is 3. The molecule has 2 heterocycles. The molecule has 0 unspecified atom stereocenters. The average Bonchev–Trinajstić information content (AvgIpc) is 3.23. The summed E-state index contributed by atoms with van der Waals surface area (Å²) in [7, 11) is 0. The zero-order valence-corrected chi connectivity index (χ0v) is 18.0. The molecule has 0 amide bonds. The number of carbonyl (C=O) groups is 1. The largest absolute Gasteiger partial charge is 0.372 e.